The van der Waals surface area contributed by atoms with Crippen molar-refractivity contribution in [1.29, 1.82) is 0 Å². The van der Waals surface area contributed by atoms with E-state index in [-0.39, 0.29) is 30.0 Å². The summed E-state index contributed by atoms with van der Waals surface area (Å²) in [5.41, 5.74) is 1.05. The summed E-state index contributed by atoms with van der Waals surface area (Å²) in [5.74, 6) is -4.21. The van der Waals surface area contributed by atoms with Crippen molar-refractivity contribution in [2.75, 3.05) is 13.1 Å². The number of fused-ring (bicyclic) bond motifs is 3. The Morgan fingerprint density at radius 1 is 0.970 bits per heavy atom. The smallest absolute Gasteiger partial charge is 0.352 e. The summed E-state index contributed by atoms with van der Waals surface area (Å²) in [6.45, 7) is 6.04. The average molecular weight is 458 g/mol. The largest absolute Gasteiger partial charge is 0.373 e. The first-order valence-corrected chi connectivity index (χ1v) is 10.5. The van der Waals surface area contributed by atoms with E-state index < -0.39 is 23.1 Å². The van der Waals surface area contributed by atoms with Gasteiger partial charge in [-0.1, -0.05) is 0 Å². The molecule has 8 nitrogen and oxygen atoms in total. The first-order valence-electron chi connectivity index (χ1n) is 10.5. The molecule has 11 heteroatoms. The van der Waals surface area contributed by atoms with Crippen molar-refractivity contribution in [2.24, 2.45) is 0 Å². The zero-order valence-corrected chi connectivity index (χ0v) is 18.0. The third-order valence-electron chi connectivity index (χ3n) is 5.67. The van der Waals surface area contributed by atoms with Gasteiger partial charge in [0.15, 0.2) is 23.1 Å². The molecular formula is C22H21F3N6O2. The predicted molar refractivity (Wildman–Crippen MR) is 113 cm³/mol. The number of benzene rings is 1. The lowest BCUT2D eigenvalue weighted by molar-refractivity contribution is -0.0705. The summed E-state index contributed by atoms with van der Waals surface area (Å²) in [6.07, 6.45) is 3.16. The van der Waals surface area contributed by atoms with Crippen molar-refractivity contribution in [3.05, 3.63) is 69.8 Å². The Labute approximate surface area is 186 Å². The highest BCUT2D eigenvalue weighted by Gasteiger charge is 2.23. The molecule has 0 bridgehead atoms. The molecule has 5 rings (SSSR count). The minimum absolute atomic E-state index is 0.0800. The van der Waals surface area contributed by atoms with Gasteiger partial charge in [0.25, 0.3) is 0 Å². The molecule has 4 aromatic rings. The minimum atomic E-state index is -1.56. The SMILES string of the molecule is C[C@@H]1CN(Cc2cnc3c(c2)c2ncnn2c(=O)n3Cc2cc(F)c(F)c(F)c2)C[C@H](C)O1. The number of ether oxygens (including phenoxy) is 1. The maximum Gasteiger partial charge on any atom is 0.352 e. The minimum Gasteiger partial charge on any atom is -0.373 e. The van der Waals surface area contributed by atoms with Crippen LogP contribution >= 0.6 is 0 Å². The van der Waals surface area contributed by atoms with Gasteiger partial charge in [0.1, 0.15) is 12.0 Å². The van der Waals surface area contributed by atoms with Crippen molar-refractivity contribution in [1.82, 2.24) is 29.0 Å². The molecule has 3 aromatic heterocycles. The third kappa shape index (κ3) is 3.98. The van der Waals surface area contributed by atoms with Gasteiger partial charge < -0.3 is 4.74 Å². The van der Waals surface area contributed by atoms with Gasteiger partial charge in [0.05, 0.1) is 24.1 Å². The molecule has 2 atom stereocenters. The van der Waals surface area contributed by atoms with E-state index in [1.54, 1.807) is 6.20 Å². The number of pyridine rings is 1. The Morgan fingerprint density at radius 3 is 2.36 bits per heavy atom. The first kappa shape index (κ1) is 21.5. The van der Waals surface area contributed by atoms with Gasteiger partial charge in [-0.15, -0.1) is 0 Å². The topological polar surface area (TPSA) is 77.6 Å². The van der Waals surface area contributed by atoms with Crippen molar-refractivity contribution in [3.63, 3.8) is 0 Å². The number of morpholine rings is 1. The summed E-state index contributed by atoms with van der Waals surface area (Å²) in [4.78, 5) is 24.0. The van der Waals surface area contributed by atoms with Crippen molar-refractivity contribution in [2.45, 2.75) is 39.1 Å². The van der Waals surface area contributed by atoms with Crippen molar-refractivity contribution in [3.8, 4) is 0 Å². The molecular weight excluding hydrogens is 437 g/mol. The van der Waals surface area contributed by atoms with Gasteiger partial charge in [-0.2, -0.15) is 9.61 Å². The second-order valence-electron chi connectivity index (χ2n) is 8.40. The number of hydrogen-bond acceptors (Lipinski definition) is 6. The molecule has 0 spiro atoms. The van der Waals surface area contributed by atoms with Gasteiger partial charge in [0, 0.05) is 25.8 Å². The quantitative estimate of drug-likeness (QED) is 0.438. The van der Waals surface area contributed by atoms with Crippen LogP contribution in [0, 0.1) is 17.5 Å². The van der Waals surface area contributed by atoms with E-state index >= 15 is 0 Å². The highest BCUT2D eigenvalue weighted by Crippen LogP contribution is 2.21. The van der Waals surface area contributed by atoms with Crippen LogP contribution in [-0.4, -0.2) is 54.3 Å². The maximum absolute atomic E-state index is 13.7. The summed E-state index contributed by atoms with van der Waals surface area (Å²) >= 11 is 0. The van der Waals surface area contributed by atoms with Gasteiger partial charge >= 0.3 is 5.69 Å². The first-order chi connectivity index (χ1) is 15.8. The third-order valence-corrected chi connectivity index (χ3v) is 5.67. The lowest BCUT2D eigenvalue weighted by Crippen LogP contribution is -2.44. The standard InChI is InChI=1S/C22H21F3N6O2/c1-12-7-29(8-13(2)33-12)9-15-3-16-20(26-6-15)30(22(32)31-21(16)27-11-28-31)10-14-4-17(23)19(25)18(24)5-14/h3-6,11-13H,7-10H2,1-2H3/t12-,13+. The lowest BCUT2D eigenvalue weighted by Gasteiger charge is -2.35. The van der Waals surface area contributed by atoms with Gasteiger partial charge in [-0.05, 0) is 43.2 Å². The molecule has 0 N–H and O–H groups in total. The molecule has 4 heterocycles. The van der Waals surface area contributed by atoms with E-state index in [1.807, 2.05) is 19.9 Å². The van der Waals surface area contributed by atoms with Crippen molar-refractivity contribution >= 4 is 16.7 Å². The fourth-order valence-electron chi connectivity index (χ4n) is 4.43. The fraction of sp³-hybridized carbons (Fsp3) is 0.364. The molecule has 0 unspecified atom stereocenters. The van der Waals surface area contributed by atoms with Gasteiger partial charge in [-0.25, -0.2) is 27.9 Å². The lowest BCUT2D eigenvalue weighted by atomic mass is 10.1. The highest BCUT2D eigenvalue weighted by molar-refractivity contribution is 5.89. The molecule has 1 aliphatic heterocycles. The number of nitrogens with zero attached hydrogens (tertiary/aromatic N) is 6. The second kappa shape index (κ2) is 8.23. The van der Waals surface area contributed by atoms with Crippen LogP contribution in [0.1, 0.15) is 25.0 Å². The molecule has 0 saturated carbocycles. The van der Waals surface area contributed by atoms with Crippen LogP contribution in [0.5, 0.6) is 0 Å². The number of hydrogen-bond donors (Lipinski definition) is 0. The number of aromatic nitrogens is 5. The Hall–Kier alpha value is -3.31. The van der Waals surface area contributed by atoms with Crippen molar-refractivity contribution < 1.29 is 17.9 Å². The van der Waals surface area contributed by atoms with Crippen LogP contribution < -0.4 is 5.69 Å². The molecule has 0 radical (unpaired) electrons. The Kier molecular flexibility index (Phi) is 5.37. The van der Waals surface area contributed by atoms with Crippen LogP contribution in [0.25, 0.3) is 16.7 Å². The Balaban J connectivity index is 1.58. The monoisotopic (exact) mass is 458 g/mol. The van der Waals surface area contributed by atoms with Gasteiger partial charge in [-0.3, -0.25) is 9.47 Å². The molecule has 0 amide bonds. The molecule has 172 valence electrons. The van der Waals surface area contributed by atoms with E-state index in [1.165, 1.54) is 10.9 Å². The molecule has 1 aliphatic rings. The summed E-state index contributed by atoms with van der Waals surface area (Å²) < 4.78 is 49.0. The summed E-state index contributed by atoms with van der Waals surface area (Å²) in [5, 5.41) is 4.57. The highest BCUT2D eigenvalue weighted by atomic mass is 19.2. The van der Waals surface area contributed by atoms with Crippen LogP contribution in [0.2, 0.25) is 0 Å². The summed E-state index contributed by atoms with van der Waals surface area (Å²) in [7, 11) is 0. The Bertz CT molecular complexity index is 1390. The second-order valence-corrected chi connectivity index (χ2v) is 8.40. The molecule has 0 aliphatic carbocycles. The zero-order chi connectivity index (χ0) is 23.3. The Morgan fingerprint density at radius 2 is 1.67 bits per heavy atom. The van der Waals surface area contributed by atoms with E-state index in [4.69, 9.17) is 4.74 Å². The number of halogens is 3. The normalized spacial score (nSPS) is 19.5. The predicted octanol–water partition coefficient (Wildman–Crippen LogP) is 2.51. The molecule has 1 aromatic carbocycles. The average Bonchev–Trinajstić information content (AvgIpc) is 3.25. The molecule has 1 fully saturated rings. The van der Waals surface area contributed by atoms with Crippen LogP contribution in [0.15, 0.2) is 35.5 Å². The van der Waals surface area contributed by atoms with E-state index in [0.29, 0.717) is 17.6 Å². The van der Waals surface area contributed by atoms with Crippen LogP contribution in [0.4, 0.5) is 13.2 Å². The molecule has 1 saturated heterocycles. The van der Waals surface area contributed by atoms with Crippen LogP contribution in [0.3, 0.4) is 0 Å². The number of rotatable bonds is 4. The maximum atomic E-state index is 13.7. The van der Waals surface area contributed by atoms with E-state index in [0.717, 1.165) is 35.3 Å². The van der Waals surface area contributed by atoms with Gasteiger partial charge in [0.2, 0.25) is 0 Å². The zero-order valence-electron chi connectivity index (χ0n) is 18.0. The fourth-order valence-corrected chi connectivity index (χ4v) is 4.43. The van der Waals surface area contributed by atoms with E-state index in [9.17, 15) is 18.0 Å². The van der Waals surface area contributed by atoms with Crippen LogP contribution in [-0.2, 0) is 17.8 Å². The summed E-state index contributed by atoms with van der Waals surface area (Å²) in [6, 6.07) is 3.60. The van der Waals surface area contributed by atoms with E-state index in [2.05, 4.69) is 20.0 Å². The molecule has 33 heavy (non-hydrogen) atoms.